The Balaban J connectivity index is 2.19. The maximum atomic E-state index is 11.8. The molecule has 0 unspecified atom stereocenters. The summed E-state index contributed by atoms with van der Waals surface area (Å²) in [6.07, 6.45) is 3.65. The lowest BCUT2D eigenvalue weighted by molar-refractivity contribution is 0.0990. The first kappa shape index (κ1) is 10.1. The zero-order valence-corrected chi connectivity index (χ0v) is 9.49. The van der Waals surface area contributed by atoms with Crippen LogP contribution in [-0.2, 0) is 6.42 Å². The van der Waals surface area contributed by atoms with Gasteiger partial charge in [-0.1, -0.05) is 34.1 Å². The van der Waals surface area contributed by atoms with Crippen LogP contribution in [0.2, 0.25) is 0 Å². The molecule has 1 N–H and O–H groups in total. The third-order valence-electron chi connectivity index (χ3n) is 2.06. The van der Waals surface area contributed by atoms with Crippen LogP contribution in [0.1, 0.15) is 16.2 Å². The number of benzene rings is 1. The molecule has 0 aliphatic heterocycles. The smallest absolute Gasteiger partial charge is 0.171 e. The van der Waals surface area contributed by atoms with Crippen molar-refractivity contribution in [3.8, 4) is 0 Å². The summed E-state index contributed by atoms with van der Waals surface area (Å²) < 4.78 is 0.821. The number of carbonyl (C=O) groups excluding carboxylic acids is 1. The molecule has 0 aliphatic rings. The molecule has 1 heterocycles. The Morgan fingerprint density at radius 2 is 2.20 bits per heavy atom. The molecule has 0 fully saturated rings. The van der Waals surface area contributed by atoms with Gasteiger partial charge in [-0.15, -0.1) is 0 Å². The molecule has 0 saturated heterocycles. The van der Waals surface area contributed by atoms with Crippen molar-refractivity contribution in [3.63, 3.8) is 0 Å². The lowest BCUT2D eigenvalue weighted by atomic mass is 10.1. The number of H-pyrrole nitrogens is 1. The molecule has 0 amide bonds. The van der Waals surface area contributed by atoms with Gasteiger partial charge < -0.3 is 4.98 Å². The van der Waals surface area contributed by atoms with E-state index in [1.54, 1.807) is 18.5 Å². The van der Waals surface area contributed by atoms with Crippen molar-refractivity contribution in [1.29, 1.82) is 0 Å². The van der Waals surface area contributed by atoms with E-state index in [1.807, 2.05) is 18.2 Å². The first-order valence-electron chi connectivity index (χ1n) is 4.53. The standard InChI is InChI=1S/C11H9BrN2O/c12-9-4-2-1-3-8(9)10(15)7-11-13-5-6-14-11/h1-6H,7H2,(H,13,14). The maximum Gasteiger partial charge on any atom is 0.171 e. The van der Waals surface area contributed by atoms with Crippen molar-refractivity contribution in [3.05, 3.63) is 52.5 Å². The number of ketones is 1. The summed E-state index contributed by atoms with van der Waals surface area (Å²) in [5, 5.41) is 0. The van der Waals surface area contributed by atoms with Crippen LogP contribution in [0.3, 0.4) is 0 Å². The van der Waals surface area contributed by atoms with Crippen LogP contribution in [0.4, 0.5) is 0 Å². The van der Waals surface area contributed by atoms with Crippen LogP contribution in [0.25, 0.3) is 0 Å². The SMILES string of the molecule is O=C(Cc1ncc[nH]1)c1ccccc1Br. The monoisotopic (exact) mass is 264 g/mol. The van der Waals surface area contributed by atoms with Gasteiger partial charge in [0.2, 0.25) is 0 Å². The highest BCUT2D eigenvalue weighted by molar-refractivity contribution is 9.10. The van der Waals surface area contributed by atoms with Gasteiger partial charge in [-0.05, 0) is 6.07 Å². The van der Waals surface area contributed by atoms with E-state index in [1.165, 1.54) is 0 Å². The van der Waals surface area contributed by atoms with Crippen LogP contribution in [0.15, 0.2) is 41.1 Å². The van der Waals surface area contributed by atoms with Gasteiger partial charge in [0.25, 0.3) is 0 Å². The number of imidazole rings is 1. The van der Waals surface area contributed by atoms with Crippen molar-refractivity contribution in [2.45, 2.75) is 6.42 Å². The zero-order chi connectivity index (χ0) is 10.7. The molecule has 1 aromatic carbocycles. The minimum atomic E-state index is 0.0532. The predicted octanol–water partition coefficient (Wildman–Crippen LogP) is 2.60. The minimum absolute atomic E-state index is 0.0532. The molecule has 0 atom stereocenters. The van der Waals surface area contributed by atoms with E-state index >= 15 is 0 Å². The van der Waals surface area contributed by atoms with Crippen LogP contribution in [0, 0.1) is 0 Å². The normalized spacial score (nSPS) is 10.2. The first-order valence-corrected chi connectivity index (χ1v) is 5.32. The third kappa shape index (κ3) is 2.33. The summed E-state index contributed by atoms with van der Waals surface area (Å²) in [4.78, 5) is 18.8. The van der Waals surface area contributed by atoms with E-state index in [9.17, 15) is 4.79 Å². The number of aromatic amines is 1. The fourth-order valence-corrected chi connectivity index (χ4v) is 1.84. The predicted molar refractivity (Wildman–Crippen MR) is 60.8 cm³/mol. The van der Waals surface area contributed by atoms with E-state index in [2.05, 4.69) is 25.9 Å². The number of hydrogen-bond acceptors (Lipinski definition) is 2. The summed E-state index contributed by atoms with van der Waals surface area (Å²) in [6, 6.07) is 7.39. The van der Waals surface area contributed by atoms with Crippen molar-refractivity contribution in [2.24, 2.45) is 0 Å². The average Bonchev–Trinajstić information content (AvgIpc) is 2.71. The molecule has 2 aromatic rings. The second-order valence-corrected chi connectivity index (χ2v) is 3.97. The Hall–Kier alpha value is -1.42. The van der Waals surface area contributed by atoms with Crippen LogP contribution in [0.5, 0.6) is 0 Å². The molecule has 1 aromatic heterocycles. The van der Waals surface area contributed by atoms with Crippen molar-refractivity contribution in [1.82, 2.24) is 9.97 Å². The summed E-state index contributed by atoms with van der Waals surface area (Å²) >= 11 is 3.35. The molecule has 2 rings (SSSR count). The fourth-order valence-electron chi connectivity index (χ4n) is 1.33. The second-order valence-electron chi connectivity index (χ2n) is 3.12. The first-order chi connectivity index (χ1) is 7.27. The van der Waals surface area contributed by atoms with E-state index in [0.717, 1.165) is 4.47 Å². The number of nitrogens with zero attached hydrogens (tertiary/aromatic N) is 1. The van der Waals surface area contributed by atoms with Crippen molar-refractivity contribution >= 4 is 21.7 Å². The molecule has 0 spiro atoms. The summed E-state index contributed by atoms with van der Waals surface area (Å²) in [6.45, 7) is 0. The van der Waals surface area contributed by atoms with Gasteiger partial charge in [-0.25, -0.2) is 4.98 Å². The number of rotatable bonds is 3. The highest BCUT2D eigenvalue weighted by Gasteiger charge is 2.10. The number of carbonyl (C=O) groups is 1. The van der Waals surface area contributed by atoms with Gasteiger partial charge in [-0.3, -0.25) is 4.79 Å². The van der Waals surface area contributed by atoms with Gasteiger partial charge in [0.05, 0.1) is 6.42 Å². The molecular weight excluding hydrogens is 256 g/mol. The van der Waals surface area contributed by atoms with Gasteiger partial charge in [0, 0.05) is 22.4 Å². The van der Waals surface area contributed by atoms with Crippen LogP contribution >= 0.6 is 15.9 Å². The third-order valence-corrected chi connectivity index (χ3v) is 2.75. The van der Waals surface area contributed by atoms with Crippen LogP contribution in [-0.4, -0.2) is 15.8 Å². The number of nitrogens with one attached hydrogen (secondary N) is 1. The van der Waals surface area contributed by atoms with Gasteiger partial charge in [0.1, 0.15) is 5.82 Å². The summed E-state index contributed by atoms with van der Waals surface area (Å²) in [5.41, 5.74) is 0.689. The number of Topliss-reactive ketones (excluding diaryl/α,β-unsaturated/α-hetero) is 1. The summed E-state index contributed by atoms with van der Waals surface area (Å²) in [7, 11) is 0. The Labute approximate surface area is 95.7 Å². The highest BCUT2D eigenvalue weighted by Crippen LogP contribution is 2.17. The van der Waals surface area contributed by atoms with E-state index < -0.39 is 0 Å². The van der Waals surface area contributed by atoms with Gasteiger partial charge >= 0.3 is 0 Å². The minimum Gasteiger partial charge on any atom is -0.348 e. The number of halogens is 1. The molecule has 4 heteroatoms. The van der Waals surface area contributed by atoms with Gasteiger partial charge in [0.15, 0.2) is 5.78 Å². The van der Waals surface area contributed by atoms with E-state index in [4.69, 9.17) is 0 Å². The van der Waals surface area contributed by atoms with Crippen molar-refractivity contribution < 1.29 is 4.79 Å². The highest BCUT2D eigenvalue weighted by atomic mass is 79.9. The largest absolute Gasteiger partial charge is 0.348 e. The van der Waals surface area contributed by atoms with E-state index in [0.29, 0.717) is 17.8 Å². The number of aromatic nitrogens is 2. The molecular formula is C11H9BrN2O. The Bertz CT molecular complexity index is 465. The second kappa shape index (κ2) is 4.40. The van der Waals surface area contributed by atoms with Crippen LogP contribution < -0.4 is 0 Å². The summed E-state index contributed by atoms with van der Waals surface area (Å²) in [5.74, 6) is 0.744. The molecule has 15 heavy (non-hydrogen) atoms. The lowest BCUT2D eigenvalue weighted by Gasteiger charge is -2.01. The Morgan fingerprint density at radius 3 is 2.87 bits per heavy atom. The molecule has 0 radical (unpaired) electrons. The molecule has 0 bridgehead atoms. The van der Waals surface area contributed by atoms with E-state index in [-0.39, 0.29) is 5.78 Å². The Morgan fingerprint density at radius 1 is 1.40 bits per heavy atom. The zero-order valence-electron chi connectivity index (χ0n) is 7.90. The topological polar surface area (TPSA) is 45.8 Å². The van der Waals surface area contributed by atoms with Gasteiger partial charge in [-0.2, -0.15) is 0 Å². The molecule has 76 valence electrons. The molecule has 0 saturated carbocycles. The Kier molecular flexibility index (Phi) is 2.97. The number of hydrogen-bond donors (Lipinski definition) is 1. The lowest BCUT2D eigenvalue weighted by Crippen LogP contribution is -2.05. The maximum absolute atomic E-state index is 11.8. The molecule has 3 nitrogen and oxygen atoms in total. The van der Waals surface area contributed by atoms with Crippen molar-refractivity contribution in [2.75, 3.05) is 0 Å². The quantitative estimate of drug-likeness (QED) is 0.867. The fraction of sp³-hybridized carbons (Fsp3) is 0.0909. The average molecular weight is 265 g/mol. The molecule has 0 aliphatic carbocycles.